The molecule has 4 atom stereocenters. The van der Waals surface area contributed by atoms with Crippen LogP contribution in [0.15, 0.2) is 47.6 Å². The van der Waals surface area contributed by atoms with E-state index in [2.05, 4.69) is 23.4 Å². The topological polar surface area (TPSA) is 97.6 Å². The van der Waals surface area contributed by atoms with Crippen LogP contribution in [0.1, 0.15) is 28.7 Å². The van der Waals surface area contributed by atoms with Crippen LogP contribution >= 0.6 is 0 Å². The summed E-state index contributed by atoms with van der Waals surface area (Å²) in [5.74, 6) is -0.320. The highest BCUT2D eigenvalue weighted by Crippen LogP contribution is 2.46. The maximum absolute atomic E-state index is 11.1. The Morgan fingerprint density at radius 3 is 2.59 bits per heavy atom. The molecule has 0 radical (unpaired) electrons. The van der Waals surface area contributed by atoms with Crippen molar-refractivity contribution < 1.29 is 24.4 Å². The van der Waals surface area contributed by atoms with Crippen LogP contribution < -0.4 is 4.74 Å². The predicted octanol–water partition coefficient (Wildman–Crippen LogP) is 2.44. The van der Waals surface area contributed by atoms with Crippen molar-refractivity contribution >= 4 is 0 Å². The Labute approximate surface area is 169 Å². The van der Waals surface area contributed by atoms with Crippen LogP contribution in [0.5, 0.6) is 5.75 Å². The fourth-order valence-electron chi connectivity index (χ4n) is 4.17. The molecule has 154 valence electrons. The zero-order valence-corrected chi connectivity index (χ0v) is 16.3. The van der Waals surface area contributed by atoms with Gasteiger partial charge < -0.3 is 24.4 Å². The SMILES string of the molecule is COc1ccc(CCc2ccc3c(c2)[C@]2(C[C@@H](O)[C@H](N=O)[C@@H](CO)O2)OC3)cc1. The van der Waals surface area contributed by atoms with Gasteiger partial charge in [-0.3, -0.25) is 0 Å². The number of rotatable bonds is 6. The van der Waals surface area contributed by atoms with Gasteiger partial charge in [-0.25, -0.2) is 0 Å². The van der Waals surface area contributed by atoms with Gasteiger partial charge in [0.2, 0.25) is 0 Å². The number of aliphatic hydroxyl groups is 2. The molecule has 2 aromatic carbocycles. The first-order valence-electron chi connectivity index (χ1n) is 9.77. The van der Waals surface area contributed by atoms with Crippen LogP contribution in [-0.4, -0.2) is 42.2 Å². The van der Waals surface area contributed by atoms with E-state index in [0.717, 1.165) is 35.3 Å². The second-order valence-corrected chi connectivity index (χ2v) is 7.59. The number of benzene rings is 2. The van der Waals surface area contributed by atoms with Gasteiger partial charge in [0, 0.05) is 12.0 Å². The van der Waals surface area contributed by atoms with Crippen LogP contribution in [0.4, 0.5) is 0 Å². The van der Waals surface area contributed by atoms with Crippen molar-refractivity contribution in [2.75, 3.05) is 13.7 Å². The summed E-state index contributed by atoms with van der Waals surface area (Å²) in [6.45, 7) is -0.0524. The lowest BCUT2D eigenvalue weighted by atomic mass is 9.88. The minimum absolute atomic E-state index is 0.106. The van der Waals surface area contributed by atoms with Crippen molar-refractivity contribution in [2.24, 2.45) is 5.18 Å². The molecule has 4 rings (SSSR count). The van der Waals surface area contributed by atoms with Gasteiger partial charge in [-0.2, -0.15) is 4.91 Å². The summed E-state index contributed by atoms with van der Waals surface area (Å²) >= 11 is 0. The summed E-state index contributed by atoms with van der Waals surface area (Å²) in [6, 6.07) is 13.1. The summed E-state index contributed by atoms with van der Waals surface area (Å²) in [5, 5.41) is 23.0. The van der Waals surface area contributed by atoms with Crippen molar-refractivity contribution in [1.29, 1.82) is 0 Å². The van der Waals surface area contributed by atoms with Crippen molar-refractivity contribution in [3.8, 4) is 5.75 Å². The molecular weight excluding hydrogens is 374 g/mol. The molecular formula is C22H25NO6. The molecule has 1 fully saturated rings. The van der Waals surface area contributed by atoms with Gasteiger partial charge in [0.1, 0.15) is 17.9 Å². The maximum Gasteiger partial charge on any atom is 0.198 e. The molecule has 0 aromatic heterocycles. The molecule has 0 amide bonds. The van der Waals surface area contributed by atoms with Crippen molar-refractivity contribution in [3.05, 3.63) is 69.6 Å². The first kappa shape index (κ1) is 20.0. The summed E-state index contributed by atoms with van der Waals surface area (Å²) in [4.78, 5) is 11.1. The number of aryl methyl sites for hydroxylation is 2. The third-order valence-electron chi connectivity index (χ3n) is 5.80. The summed E-state index contributed by atoms with van der Waals surface area (Å²) in [5.41, 5.74) is 4.17. The molecule has 2 aromatic rings. The minimum atomic E-state index is -1.15. The lowest BCUT2D eigenvalue weighted by Crippen LogP contribution is -2.53. The quantitative estimate of drug-likeness (QED) is 0.724. The Hall–Kier alpha value is -2.32. The highest BCUT2D eigenvalue weighted by Gasteiger charge is 2.52. The number of nitrogens with zero attached hydrogens (tertiary/aromatic N) is 1. The molecule has 29 heavy (non-hydrogen) atoms. The number of hydrogen-bond acceptors (Lipinski definition) is 7. The number of fused-ring (bicyclic) bond motifs is 2. The standard InChI is InChI=1S/C22H25NO6/c1-27-17-8-5-14(6-9-17)2-3-15-4-7-16-13-28-22(18(16)10-15)11-19(25)21(23-26)20(12-24)29-22/h4-10,19-21,24-25H,2-3,11-13H2,1H3/t19-,20-,21+,22-/m1/s1. The zero-order valence-electron chi connectivity index (χ0n) is 16.3. The van der Waals surface area contributed by atoms with Gasteiger partial charge in [0.05, 0.1) is 26.4 Å². The number of aliphatic hydroxyl groups excluding tert-OH is 2. The highest BCUT2D eigenvalue weighted by molar-refractivity contribution is 5.39. The van der Waals surface area contributed by atoms with E-state index >= 15 is 0 Å². The van der Waals surface area contributed by atoms with Gasteiger partial charge in [0.15, 0.2) is 5.79 Å². The van der Waals surface area contributed by atoms with E-state index < -0.39 is 30.6 Å². The number of methoxy groups -OCH3 is 1. The number of nitroso groups, excluding NO2 is 1. The highest BCUT2D eigenvalue weighted by atomic mass is 16.7. The minimum Gasteiger partial charge on any atom is -0.497 e. The Bertz CT molecular complexity index is 870. The average Bonchev–Trinajstić information content (AvgIpc) is 3.09. The molecule has 0 unspecified atom stereocenters. The predicted molar refractivity (Wildman–Crippen MR) is 105 cm³/mol. The largest absolute Gasteiger partial charge is 0.497 e. The zero-order chi connectivity index (χ0) is 20.4. The lowest BCUT2D eigenvalue weighted by Gasteiger charge is -2.42. The van der Waals surface area contributed by atoms with E-state index in [1.165, 1.54) is 5.56 Å². The maximum atomic E-state index is 11.1. The Morgan fingerprint density at radius 2 is 1.90 bits per heavy atom. The fraction of sp³-hybridized carbons (Fsp3) is 0.455. The smallest absolute Gasteiger partial charge is 0.198 e. The molecule has 1 spiro atoms. The van der Waals surface area contributed by atoms with Crippen LogP contribution in [0.25, 0.3) is 0 Å². The third-order valence-corrected chi connectivity index (χ3v) is 5.80. The summed E-state index contributed by atoms with van der Waals surface area (Å²) < 4.78 is 17.1. The molecule has 0 aliphatic carbocycles. The molecule has 0 saturated carbocycles. The molecule has 1 saturated heterocycles. The van der Waals surface area contributed by atoms with Crippen molar-refractivity contribution in [1.82, 2.24) is 0 Å². The Morgan fingerprint density at radius 1 is 1.17 bits per heavy atom. The number of hydrogen-bond donors (Lipinski definition) is 2. The van der Waals surface area contributed by atoms with E-state index in [1.54, 1.807) is 7.11 Å². The van der Waals surface area contributed by atoms with Crippen LogP contribution in [0.3, 0.4) is 0 Å². The summed E-state index contributed by atoms with van der Waals surface area (Å²) in [6.07, 6.45) is -0.122. The number of ether oxygens (including phenoxy) is 3. The normalized spacial score (nSPS) is 28.3. The molecule has 2 aliphatic rings. The molecule has 7 nitrogen and oxygen atoms in total. The third kappa shape index (κ3) is 3.79. The van der Waals surface area contributed by atoms with E-state index in [9.17, 15) is 15.1 Å². The van der Waals surface area contributed by atoms with E-state index in [-0.39, 0.29) is 6.42 Å². The first-order valence-corrected chi connectivity index (χ1v) is 9.77. The van der Waals surface area contributed by atoms with Crippen molar-refractivity contribution in [2.45, 2.75) is 49.9 Å². The average molecular weight is 399 g/mol. The molecule has 0 bridgehead atoms. The van der Waals surface area contributed by atoms with Gasteiger partial charge in [0.25, 0.3) is 0 Å². The molecule has 2 heterocycles. The van der Waals surface area contributed by atoms with Gasteiger partial charge in [-0.15, -0.1) is 0 Å². The second kappa shape index (κ2) is 8.20. The first-order chi connectivity index (χ1) is 14.1. The van der Waals surface area contributed by atoms with Gasteiger partial charge >= 0.3 is 0 Å². The Kier molecular flexibility index (Phi) is 5.65. The van der Waals surface area contributed by atoms with Gasteiger partial charge in [-0.1, -0.05) is 35.5 Å². The van der Waals surface area contributed by atoms with E-state index in [4.69, 9.17) is 14.2 Å². The monoisotopic (exact) mass is 399 g/mol. The van der Waals surface area contributed by atoms with E-state index in [0.29, 0.717) is 6.61 Å². The van der Waals surface area contributed by atoms with Crippen LogP contribution in [0.2, 0.25) is 0 Å². The van der Waals surface area contributed by atoms with Gasteiger partial charge in [-0.05, 0) is 41.7 Å². The molecule has 2 aliphatic heterocycles. The summed E-state index contributed by atoms with van der Waals surface area (Å²) in [7, 11) is 1.65. The lowest BCUT2D eigenvalue weighted by molar-refractivity contribution is -0.307. The molecule has 2 N–H and O–H groups in total. The van der Waals surface area contributed by atoms with Crippen LogP contribution in [0, 0.1) is 4.91 Å². The van der Waals surface area contributed by atoms with Crippen molar-refractivity contribution in [3.63, 3.8) is 0 Å². The fourth-order valence-corrected chi connectivity index (χ4v) is 4.17. The second-order valence-electron chi connectivity index (χ2n) is 7.59. The van der Waals surface area contributed by atoms with E-state index in [1.807, 2.05) is 24.3 Å². The Balaban J connectivity index is 1.54. The molecule has 7 heteroatoms. The van der Waals surface area contributed by atoms with Crippen LogP contribution in [-0.2, 0) is 34.7 Å².